The van der Waals surface area contributed by atoms with Crippen molar-refractivity contribution in [2.45, 2.75) is 6.54 Å². The van der Waals surface area contributed by atoms with Crippen LogP contribution in [0.15, 0.2) is 48.5 Å². The fraction of sp³-hybridized carbons (Fsp3) is 0.133. The Morgan fingerprint density at radius 1 is 1.11 bits per heavy atom. The smallest absolute Gasteiger partial charge is 0.190 e. The monoisotopic (exact) mass is 269 g/mol. The number of para-hydroxylation sites is 2. The van der Waals surface area contributed by atoms with Crippen LogP contribution in [-0.2, 0) is 6.54 Å². The molecule has 4 heteroatoms. The van der Waals surface area contributed by atoms with Gasteiger partial charge in [-0.1, -0.05) is 41.7 Å². The van der Waals surface area contributed by atoms with Crippen LogP contribution in [-0.4, -0.2) is 12.0 Å². The second-order valence-corrected chi connectivity index (χ2v) is 5.37. The Kier molecular flexibility index (Phi) is 3.19. The van der Waals surface area contributed by atoms with Crippen LogP contribution in [0.2, 0.25) is 0 Å². The molecule has 0 aliphatic carbocycles. The minimum absolute atomic E-state index is 0.533. The molecule has 0 saturated heterocycles. The van der Waals surface area contributed by atoms with Crippen LogP contribution in [0.3, 0.4) is 0 Å². The molecule has 1 aromatic heterocycles. The SMILES string of the molecule is CN(c1nc2ccccc2s1)c1ccccc1CN. The number of nitrogens with two attached hydrogens (primary N) is 1. The fourth-order valence-corrected chi connectivity index (χ4v) is 3.06. The highest BCUT2D eigenvalue weighted by atomic mass is 32.1. The van der Waals surface area contributed by atoms with Crippen LogP contribution in [0.5, 0.6) is 0 Å². The molecule has 0 aliphatic heterocycles. The summed E-state index contributed by atoms with van der Waals surface area (Å²) < 4.78 is 1.20. The molecule has 0 saturated carbocycles. The predicted octanol–water partition coefficient (Wildman–Crippen LogP) is 3.52. The summed E-state index contributed by atoms with van der Waals surface area (Å²) >= 11 is 1.69. The highest BCUT2D eigenvalue weighted by Crippen LogP contribution is 2.33. The van der Waals surface area contributed by atoms with Crippen molar-refractivity contribution >= 4 is 32.4 Å². The van der Waals surface area contributed by atoms with Gasteiger partial charge in [-0.3, -0.25) is 0 Å². The van der Waals surface area contributed by atoms with Crippen molar-refractivity contribution in [3.8, 4) is 0 Å². The van der Waals surface area contributed by atoms with Crippen molar-refractivity contribution in [3.63, 3.8) is 0 Å². The van der Waals surface area contributed by atoms with Crippen LogP contribution in [0, 0.1) is 0 Å². The second kappa shape index (κ2) is 4.99. The van der Waals surface area contributed by atoms with Gasteiger partial charge in [-0.25, -0.2) is 4.98 Å². The molecule has 3 aromatic rings. The summed E-state index contributed by atoms with van der Waals surface area (Å²) in [5.74, 6) is 0. The van der Waals surface area contributed by atoms with E-state index in [0.29, 0.717) is 6.54 Å². The normalized spacial score (nSPS) is 10.8. The lowest BCUT2D eigenvalue weighted by Gasteiger charge is -2.18. The van der Waals surface area contributed by atoms with Gasteiger partial charge in [0.25, 0.3) is 0 Å². The second-order valence-electron chi connectivity index (χ2n) is 4.36. The number of anilines is 2. The van der Waals surface area contributed by atoms with Crippen molar-refractivity contribution in [2.75, 3.05) is 11.9 Å². The Morgan fingerprint density at radius 3 is 2.63 bits per heavy atom. The largest absolute Gasteiger partial charge is 0.326 e. The lowest BCUT2D eigenvalue weighted by Crippen LogP contribution is -2.12. The zero-order valence-electron chi connectivity index (χ0n) is 10.7. The molecule has 2 N–H and O–H groups in total. The summed E-state index contributed by atoms with van der Waals surface area (Å²) in [6, 6.07) is 16.4. The Labute approximate surface area is 116 Å². The maximum absolute atomic E-state index is 5.80. The molecule has 0 atom stereocenters. The summed E-state index contributed by atoms with van der Waals surface area (Å²) in [6.45, 7) is 0.533. The number of aromatic nitrogens is 1. The number of hydrogen-bond donors (Lipinski definition) is 1. The number of benzene rings is 2. The topological polar surface area (TPSA) is 42.2 Å². The van der Waals surface area contributed by atoms with Crippen LogP contribution >= 0.6 is 11.3 Å². The third-order valence-electron chi connectivity index (χ3n) is 3.14. The first-order valence-corrected chi connectivity index (χ1v) is 6.98. The minimum atomic E-state index is 0.533. The average molecular weight is 269 g/mol. The van der Waals surface area contributed by atoms with E-state index < -0.39 is 0 Å². The van der Waals surface area contributed by atoms with E-state index in [1.165, 1.54) is 4.70 Å². The van der Waals surface area contributed by atoms with Crippen LogP contribution in [0.25, 0.3) is 10.2 Å². The van der Waals surface area contributed by atoms with E-state index >= 15 is 0 Å². The molecule has 3 rings (SSSR count). The number of rotatable bonds is 3. The van der Waals surface area contributed by atoms with Gasteiger partial charge < -0.3 is 10.6 Å². The van der Waals surface area contributed by atoms with Crippen LogP contribution < -0.4 is 10.6 Å². The molecule has 1 heterocycles. The van der Waals surface area contributed by atoms with Crippen LogP contribution in [0.4, 0.5) is 10.8 Å². The van der Waals surface area contributed by atoms with Gasteiger partial charge in [-0.05, 0) is 23.8 Å². The molecule has 0 amide bonds. The van der Waals surface area contributed by atoms with E-state index in [2.05, 4.69) is 28.1 Å². The summed E-state index contributed by atoms with van der Waals surface area (Å²) in [5.41, 5.74) is 9.08. The molecule has 19 heavy (non-hydrogen) atoms. The molecule has 0 radical (unpaired) electrons. The third kappa shape index (κ3) is 2.20. The minimum Gasteiger partial charge on any atom is -0.326 e. The van der Waals surface area contributed by atoms with E-state index in [-0.39, 0.29) is 0 Å². The Bertz CT molecular complexity index is 672. The Balaban J connectivity index is 2.05. The zero-order valence-corrected chi connectivity index (χ0v) is 11.5. The number of thiazole rings is 1. The van der Waals surface area contributed by atoms with Gasteiger partial charge in [-0.15, -0.1) is 0 Å². The van der Waals surface area contributed by atoms with Gasteiger partial charge in [0, 0.05) is 19.3 Å². The molecule has 2 aromatic carbocycles. The van der Waals surface area contributed by atoms with Crippen molar-refractivity contribution in [1.82, 2.24) is 4.98 Å². The first-order chi connectivity index (χ1) is 9.29. The fourth-order valence-electron chi connectivity index (χ4n) is 2.12. The zero-order chi connectivity index (χ0) is 13.2. The van der Waals surface area contributed by atoms with Crippen molar-refractivity contribution in [2.24, 2.45) is 5.73 Å². The molecule has 3 nitrogen and oxygen atoms in total. The van der Waals surface area contributed by atoms with E-state index in [4.69, 9.17) is 5.73 Å². The van der Waals surface area contributed by atoms with Crippen LogP contribution in [0.1, 0.15) is 5.56 Å². The van der Waals surface area contributed by atoms with Crippen molar-refractivity contribution in [3.05, 3.63) is 54.1 Å². The first kappa shape index (κ1) is 12.1. The molecule has 0 spiro atoms. The van der Waals surface area contributed by atoms with Gasteiger partial charge in [-0.2, -0.15) is 0 Å². The number of nitrogens with zero attached hydrogens (tertiary/aromatic N) is 2. The molecular weight excluding hydrogens is 254 g/mol. The van der Waals surface area contributed by atoms with Gasteiger partial charge in [0.15, 0.2) is 5.13 Å². The van der Waals surface area contributed by atoms with E-state index in [1.807, 2.05) is 37.4 Å². The van der Waals surface area contributed by atoms with E-state index in [0.717, 1.165) is 21.9 Å². The first-order valence-electron chi connectivity index (χ1n) is 6.17. The molecule has 0 aliphatic rings. The highest BCUT2D eigenvalue weighted by molar-refractivity contribution is 7.22. The van der Waals surface area contributed by atoms with E-state index in [1.54, 1.807) is 11.3 Å². The lowest BCUT2D eigenvalue weighted by atomic mass is 10.1. The predicted molar refractivity (Wildman–Crippen MR) is 82.0 cm³/mol. The highest BCUT2D eigenvalue weighted by Gasteiger charge is 2.12. The number of hydrogen-bond acceptors (Lipinski definition) is 4. The maximum Gasteiger partial charge on any atom is 0.190 e. The quantitative estimate of drug-likeness (QED) is 0.791. The van der Waals surface area contributed by atoms with Crippen molar-refractivity contribution in [1.29, 1.82) is 0 Å². The summed E-state index contributed by atoms with van der Waals surface area (Å²) in [6.07, 6.45) is 0. The molecule has 0 unspecified atom stereocenters. The van der Waals surface area contributed by atoms with Gasteiger partial charge in [0.1, 0.15) is 0 Å². The molecule has 0 bridgehead atoms. The Hall–Kier alpha value is -1.91. The van der Waals surface area contributed by atoms with Gasteiger partial charge >= 0.3 is 0 Å². The molecule has 96 valence electrons. The number of fused-ring (bicyclic) bond motifs is 1. The van der Waals surface area contributed by atoms with Crippen molar-refractivity contribution < 1.29 is 0 Å². The molecular formula is C15H15N3S. The average Bonchev–Trinajstić information content (AvgIpc) is 2.90. The third-order valence-corrected chi connectivity index (χ3v) is 4.26. The molecule has 0 fully saturated rings. The standard InChI is InChI=1S/C15H15N3S/c1-18(13-8-4-2-6-11(13)10-16)15-17-12-7-3-5-9-14(12)19-15/h2-9H,10,16H2,1H3. The van der Waals surface area contributed by atoms with Gasteiger partial charge in [0.05, 0.1) is 10.2 Å². The summed E-state index contributed by atoms with van der Waals surface area (Å²) in [4.78, 5) is 6.77. The Morgan fingerprint density at radius 2 is 1.84 bits per heavy atom. The maximum atomic E-state index is 5.80. The summed E-state index contributed by atoms with van der Waals surface area (Å²) in [5, 5.41) is 0.988. The van der Waals surface area contributed by atoms with Gasteiger partial charge in [0.2, 0.25) is 0 Å². The van der Waals surface area contributed by atoms with E-state index in [9.17, 15) is 0 Å². The lowest BCUT2D eigenvalue weighted by molar-refractivity contribution is 1.04. The summed E-state index contributed by atoms with van der Waals surface area (Å²) in [7, 11) is 2.03.